The molecule has 1 N–H and O–H groups in total. The standard InChI is InChI=1S/C14H12N2O4/c17-12-11-10(13(18)19)9-3-4-14(11,20-9)7-16(12)8-2-1-5-15-6-8/h1-6,9-11H,7H2,(H,18,19)/t9-,10-,11+,14-/m0/s1. The third-order valence-corrected chi connectivity index (χ3v) is 4.34. The molecular weight excluding hydrogens is 260 g/mol. The molecule has 2 fully saturated rings. The topological polar surface area (TPSA) is 79.7 Å². The van der Waals surface area contributed by atoms with E-state index in [1.54, 1.807) is 35.5 Å². The highest BCUT2D eigenvalue weighted by atomic mass is 16.5. The lowest BCUT2D eigenvalue weighted by atomic mass is 9.77. The summed E-state index contributed by atoms with van der Waals surface area (Å²) in [5.41, 5.74) is -0.119. The van der Waals surface area contributed by atoms with Gasteiger partial charge in [-0.2, -0.15) is 0 Å². The molecule has 3 aliphatic rings. The number of amides is 1. The fraction of sp³-hybridized carbons (Fsp3) is 0.357. The lowest BCUT2D eigenvalue weighted by molar-refractivity contribution is -0.146. The fourth-order valence-electron chi connectivity index (χ4n) is 3.51. The molecule has 102 valence electrons. The van der Waals surface area contributed by atoms with Crippen LogP contribution in [0.4, 0.5) is 5.69 Å². The first-order chi connectivity index (χ1) is 9.62. The normalized spacial score (nSPS) is 37.5. The van der Waals surface area contributed by atoms with Crippen LogP contribution in [0.3, 0.4) is 0 Å². The molecule has 1 amide bonds. The molecule has 0 aromatic carbocycles. The van der Waals surface area contributed by atoms with E-state index in [9.17, 15) is 14.7 Å². The minimum atomic E-state index is -0.979. The van der Waals surface area contributed by atoms with E-state index in [4.69, 9.17) is 4.74 Å². The second kappa shape index (κ2) is 3.67. The molecule has 6 heteroatoms. The van der Waals surface area contributed by atoms with Crippen molar-refractivity contribution in [3.63, 3.8) is 0 Å². The molecule has 1 spiro atoms. The number of carbonyl (C=O) groups is 2. The zero-order chi connectivity index (χ0) is 13.9. The number of anilines is 1. The number of ether oxygens (including phenoxy) is 1. The maximum atomic E-state index is 12.6. The Morgan fingerprint density at radius 3 is 3.10 bits per heavy atom. The predicted octanol–water partition coefficient (Wildman–Crippen LogP) is 0.453. The van der Waals surface area contributed by atoms with E-state index in [-0.39, 0.29) is 5.91 Å². The molecule has 2 saturated heterocycles. The molecule has 0 aliphatic carbocycles. The first-order valence-electron chi connectivity index (χ1n) is 6.44. The van der Waals surface area contributed by atoms with Crippen molar-refractivity contribution in [2.24, 2.45) is 11.8 Å². The van der Waals surface area contributed by atoms with Crippen molar-refractivity contribution >= 4 is 17.6 Å². The Morgan fingerprint density at radius 2 is 2.40 bits per heavy atom. The van der Waals surface area contributed by atoms with E-state index in [0.29, 0.717) is 12.2 Å². The smallest absolute Gasteiger partial charge is 0.310 e. The van der Waals surface area contributed by atoms with Gasteiger partial charge in [0.25, 0.3) is 0 Å². The number of nitrogens with zero attached hydrogens (tertiary/aromatic N) is 2. The highest BCUT2D eigenvalue weighted by Gasteiger charge is 2.67. The van der Waals surface area contributed by atoms with Gasteiger partial charge in [0.2, 0.25) is 5.91 Å². The number of hydrogen-bond acceptors (Lipinski definition) is 4. The van der Waals surface area contributed by atoms with E-state index < -0.39 is 29.5 Å². The van der Waals surface area contributed by atoms with Crippen LogP contribution in [-0.4, -0.2) is 40.2 Å². The molecule has 1 aromatic rings. The monoisotopic (exact) mass is 272 g/mol. The molecule has 0 unspecified atom stereocenters. The summed E-state index contributed by atoms with van der Waals surface area (Å²) in [5, 5.41) is 9.36. The number of pyridine rings is 1. The summed E-state index contributed by atoms with van der Waals surface area (Å²) in [4.78, 5) is 29.6. The van der Waals surface area contributed by atoms with Crippen LogP contribution in [0, 0.1) is 11.8 Å². The largest absolute Gasteiger partial charge is 0.481 e. The lowest BCUT2D eigenvalue weighted by Crippen LogP contribution is -2.39. The Morgan fingerprint density at radius 1 is 1.55 bits per heavy atom. The van der Waals surface area contributed by atoms with Gasteiger partial charge < -0.3 is 14.7 Å². The third-order valence-electron chi connectivity index (χ3n) is 4.34. The minimum absolute atomic E-state index is 0.197. The zero-order valence-electron chi connectivity index (χ0n) is 10.5. The van der Waals surface area contributed by atoms with Crippen LogP contribution in [-0.2, 0) is 14.3 Å². The summed E-state index contributed by atoms with van der Waals surface area (Å²) >= 11 is 0. The highest BCUT2D eigenvalue weighted by molar-refractivity contribution is 6.02. The molecule has 0 saturated carbocycles. The Kier molecular flexibility index (Phi) is 2.13. The molecule has 6 nitrogen and oxygen atoms in total. The van der Waals surface area contributed by atoms with Crippen LogP contribution < -0.4 is 4.90 Å². The Balaban J connectivity index is 1.76. The number of carboxylic acid groups (broad SMARTS) is 1. The van der Waals surface area contributed by atoms with Gasteiger partial charge in [-0.15, -0.1) is 0 Å². The molecule has 4 atom stereocenters. The quantitative estimate of drug-likeness (QED) is 0.791. The van der Waals surface area contributed by atoms with Crippen molar-refractivity contribution < 1.29 is 19.4 Å². The molecule has 3 aliphatic heterocycles. The highest BCUT2D eigenvalue weighted by Crippen LogP contribution is 2.52. The SMILES string of the molecule is O=C(O)[C@H]1[C@@H]2C=C[C@@]3(CN(c4cccnc4)C(=O)[C@@H]13)O2. The summed E-state index contributed by atoms with van der Waals surface area (Å²) in [7, 11) is 0. The van der Waals surface area contributed by atoms with Crippen LogP contribution in [0.15, 0.2) is 36.7 Å². The van der Waals surface area contributed by atoms with Crippen LogP contribution in [0.5, 0.6) is 0 Å². The van der Waals surface area contributed by atoms with Gasteiger partial charge in [-0.25, -0.2) is 0 Å². The summed E-state index contributed by atoms with van der Waals surface area (Å²) in [6.45, 7) is 0.346. The maximum absolute atomic E-state index is 12.6. The van der Waals surface area contributed by atoms with E-state index in [0.717, 1.165) is 0 Å². The van der Waals surface area contributed by atoms with Gasteiger partial charge >= 0.3 is 5.97 Å². The number of aliphatic carboxylic acids is 1. The van der Waals surface area contributed by atoms with E-state index >= 15 is 0 Å². The van der Waals surface area contributed by atoms with Gasteiger partial charge in [-0.1, -0.05) is 12.2 Å². The van der Waals surface area contributed by atoms with Gasteiger partial charge in [-0.05, 0) is 12.1 Å². The first-order valence-corrected chi connectivity index (χ1v) is 6.44. The van der Waals surface area contributed by atoms with Gasteiger partial charge in [0.1, 0.15) is 11.5 Å². The van der Waals surface area contributed by atoms with Crippen molar-refractivity contribution in [2.45, 2.75) is 11.7 Å². The molecular formula is C14H12N2O4. The molecule has 1 aromatic heterocycles. The van der Waals surface area contributed by atoms with Crippen molar-refractivity contribution in [1.82, 2.24) is 4.98 Å². The number of hydrogen-bond donors (Lipinski definition) is 1. The average Bonchev–Trinajstić information content (AvgIpc) is 3.08. The summed E-state index contributed by atoms with van der Waals surface area (Å²) in [6, 6.07) is 3.53. The van der Waals surface area contributed by atoms with Crippen molar-refractivity contribution in [3.8, 4) is 0 Å². The molecule has 4 heterocycles. The average molecular weight is 272 g/mol. The van der Waals surface area contributed by atoms with E-state index in [1.807, 2.05) is 6.08 Å². The second-order valence-corrected chi connectivity index (χ2v) is 5.37. The number of rotatable bonds is 2. The number of aromatic nitrogens is 1. The van der Waals surface area contributed by atoms with Crippen LogP contribution in [0.2, 0.25) is 0 Å². The number of carboxylic acids is 1. The minimum Gasteiger partial charge on any atom is -0.481 e. The lowest BCUT2D eigenvalue weighted by Gasteiger charge is -2.21. The predicted molar refractivity (Wildman–Crippen MR) is 67.9 cm³/mol. The molecule has 4 rings (SSSR count). The van der Waals surface area contributed by atoms with Crippen molar-refractivity contribution in [2.75, 3.05) is 11.4 Å². The van der Waals surface area contributed by atoms with E-state index in [2.05, 4.69) is 4.98 Å². The Bertz CT molecular complexity index is 629. The molecule has 2 bridgehead atoms. The van der Waals surface area contributed by atoms with Gasteiger partial charge in [0, 0.05) is 6.20 Å². The molecule has 20 heavy (non-hydrogen) atoms. The van der Waals surface area contributed by atoms with Gasteiger partial charge in [0.15, 0.2) is 0 Å². The fourth-order valence-corrected chi connectivity index (χ4v) is 3.51. The summed E-state index contributed by atoms with van der Waals surface area (Å²) in [5.74, 6) is -2.62. The number of carbonyl (C=O) groups excluding carboxylic acids is 1. The maximum Gasteiger partial charge on any atom is 0.310 e. The summed E-state index contributed by atoms with van der Waals surface area (Å²) < 4.78 is 5.81. The number of fused-ring (bicyclic) bond motifs is 1. The van der Waals surface area contributed by atoms with Crippen LogP contribution in [0.1, 0.15) is 0 Å². The Hall–Kier alpha value is -2.21. The van der Waals surface area contributed by atoms with Gasteiger partial charge in [0.05, 0.1) is 30.5 Å². The van der Waals surface area contributed by atoms with Gasteiger partial charge in [-0.3, -0.25) is 14.6 Å². The van der Waals surface area contributed by atoms with Crippen molar-refractivity contribution in [3.05, 3.63) is 36.7 Å². The Labute approximate surface area is 114 Å². The van der Waals surface area contributed by atoms with Crippen molar-refractivity contribution in [1.29, 1.82) is 0 Å². The second-order valence-electron chi connectivity index (χ2n) is 5.37. The zero-order valence-corrected chi connectivity index (χ0v) is 10.5. The van der Waals surface area contributed by atoms with E-state index in [1.165, 1.54) is 0 Å². The summed E-state index contributed by atoms with van der Waals surface area (Å²) in [6.07, 6.45) is 6.34. The first kappa shape index (κ1) is 11.6. The van der Waals surface area contributed by atoms with Crippen LogP contribution >= 0.6 is 0 Å². The third kappa shape index (κ3) is 1.29. The van der Waals surface area contributed by atoms with Crippen LogP contribution in [0.25, 0.3) is 0 Å². The molecule has 0 radical (unpaired) electrons.